The highest BCUT2D eigenvalue weighted by Gasteiger charge is 2.32. The van der Waals surface area contributed by atoms with Gasteiger partial charge in [-0.1, -0.05) is 36.5 Å². The lowest BCUT2D eigenvalue weighted by Crippen LogP contribution is -2.39. The summed E-state index contributed by atoms with van der Waals surface area (Å²) in [5.74, 6) is 0.00136. The van der Waals surface area contributed by atoms with Crippen LogP contribution in [-0.4, -0.2) is 41.9 Å². The Morgan fingerprint density at radius 2 is 2.08 bits per heavy atom. The van der Waals surface area contributed by atoms with Crippen molar-refractivity contribution < 1.29 is 13.2 Å². The molecule has 1 amide bonds. The Morgan fingerprint density at radius 3 is 2.80 bits per heavy atom. The number of piperidine rings is 1. The molecule has 0 unspecified atom stereocenters. The molecule has 2 heterocycles. The third-order valence-electron chi connectivity index (χ3n) is 4.20. The largest absolute Gasteiger partial charge is 0.296 e. The van der Waals surface area contributed by atoms with Crippen LogP contribution in [0.5, 0.6) is 0 Å². The molecule has 2 aromatic rings. The van der Waals surface area contributed by atoms with Gasteiger partial charge in [0.1, 0.15) is 0 Å². The summed E-state index contributed by atoms with van der Waals surface area (Å²) in [5, 5.41) is 10.4. The van der Waals surface area contributed by atoms with Gasteiger partial charge in [0.05, 0.1) is 0 Å². The average Bonchev–Trinajstić information content (AvgIpc) is 3.04. The van der Waals surface area contributed by atoms with Crippen LogP contribution in [0, 0.1) is 12.8 Å². The monoisotopic (exact) mass is 380 g/mol. The van der Waals surface area contributed by atoms with Crippen molar-refractivity contribution in [1.29, 1.82) is 0 Å². The lowest BCUT2D eigenvalue weighted by molar-refractivity contribution is 0.102. The quantitative estimate of drug-likeness (QED) is 0.823. The number of aromatic nitrogens is 2. The second-order valence-corrected chi connectivity index (χ2v) is 9.34. The standard InChI is InChI=1S/C16H20N4O3S2/c1-11-6-5-9-20(10-11)25(22,23)16-19-18-15(24-16)17-14(21)13-8-4-3-7-12(13)2/h3-4,7-8,11H,5-6,9-10H2,1-2H3,(H,17,18,21)/t11-/m0/s1. The predicted molar refractivity (Wildman–Crippen MR) is 96.2 cm³/mol. The summed E-state index contributed by atoms with van der Waals surface area (Å²) in [6.45, 7) is 4.86. The molecule has 1 aliphatic heterocycles. The van der Waals surface area contributed by atoms with Crippen molar-refractivity contribution in [3.63, 3.8) is 0 Å². The summed E-state index contributed by atoms with van der Waals surface area (Å²) in [5.41, 5.74) is 1.35. The number of aryl methyl sites for hydroxylation is 1. The van der Waals surface area contributed by atoms with Gasteiger partial charge in [0.15, 0.2) is 0 Å². The average molecular weight is 380 g/mol. The number of amides is 1. The van der Waals surface area contributed by atoms with E-state index in [9.17, 15) is 13.2 Å². The Labute approximate surface area is 151 Å². The van der Waals surface area contributed by atoms with E-state index in [0.29, 0.717) is 24.6 Å². The molecule has 1 N–H and O–H groups in total. The number of sulfonamides is 1. The van der Waals surface area contributed by atoms with E-state index >= 15 is 0 Å². The number of benzene rings is 1. The zero-order valence-corrected chi connectivity index (χ0v) is 15.7. The molecular formula is C16H20N4O3S2. The number of nitrogens with zero attached hydrogens (tertiary/aromatic N) is 3. The van der Waals surface area contributed by atoms with Crippen molar-refractivity contribution >= 4 is 32.4 Å². The van der Waals surface area contributed by atoms with Crippen LogP contribution in [0.25, 0.3) is 0 Å². The van der Waals surface area contributed by atoms with Gasteiger partial charge < -0.3 is 0 Å². The second kappa shape index (κ2) is 7.19. The molecule has 25 heavy (non-hydrogen) atoms. The molecule has 0 aliphatic carbocycles. The first-order chi connectivity index (χ1) is 11.9. The van der Waals surface area contributed by atoms with E-state index < -0.39 is 10.0 Å². The molecule has 7 nitrogen and oxygen atoms in total. The number of hydrogen-bond donors (Lipinski definition) is 1. The van der Waals surface area contributed by atoms with Gasteiger partial charge >= 0.3 is 0 Å². The van der Waals surface area contributed by atoms with Crippen LogP contribution in [0.3, 0.4) is 0 Å². The molecule has 1 aliphatic rings. The first-order valence-corrected chi connectivity index (χ1v) is 10.3. The molecule has 0 bridgehead atoms. The topological polar surface area (TPSA) is 92.3 Å². The van der Waals surface area contributed by atoms with Crippen LogP contribution in [0.4, 0.5) is 5.13 Å². The number of anilines is 1. The highest BCUT2D eigenvalue weighted by Crippen LogP contribution is 2.27. The lowest BCUT2D eigenvalue weighted by atomic mass is 10.0. The van der Waals surface area contributed by atoms with Crippen molar-refractivity contribution in [3.05, 3.63) is 35.4 Å². The van der Waals surface area contributed by atoms with E-state index in [1.807, 2.05) is 26.0 Å². The fourth-order valence-corrected chi connectivity index (χ4v) is 5.46. The zero-order valence-electron chi connectivity index (χ0n) is 14.1. The minimum absolute atomic E-state index is 0.0818. The van der Waals surface area contributed by atoms with Crippen molar-refractivity contribution in [3.8, 4) is 0 Å². The lowest BCUT2D eigenvalue weighted by Gasteiger charge is -2.28. The summed E-state index contributed by atoms with van der Waals surface area (Å²) in [7, 11) is -3.66. The third-order valence-corrected chi connectivity index (χ3v) is 7.25. The molecule has 1 aromatic heterocycles. The molecule has 1 aromatic carbocycles. The Balaban J connectivity index is 1.76. The van der Waals surface area contributed by atoms with E-state index in [2.05, 4.69) is 15.5 Å². The van der Waals surface area contributed by atoms with Crippen LogP contribution >= 0.6 is 11.3 Å². The number of hydrogen-bond acceptors (Lipinski definition) is 6. The summed E-state index contributed by atoms with van der Waals surface area (Å²) in [4.78, 5) is 12.3. The fraction of sp³-hybridized carbons (Fsp3) is 0.438. The second-order valence-electron chi connectivity index (χ2n) is 6.25. The number of rotatable bonds is 4. The van der Waals surface area contributed by atoms with Crippen LogP contribution < -0.4 is 5.32 Å². The Hall–Kier alpha value is -1.84. The molecule has 0 radical (unpaired) electrons. The molecule has 134 valence electrons. The summed E-state index contributed by atoms with van der Waals surface area (Å²) < 4.78 is 26.7. The molecule has 9 heteroatoms. The molecular weight excluding hydrogens is 360 g/mol. The number of carbonyl (C=O) groups is 1. The summed E-state index contributed by atoms with van der Waals surface area (Å²) in [6, 6.07) is 7.16. The first kappa shape index (κ1) is 18.0. The van der Waals surface area contributed by atoms with Gasteiger partial charge in [-0.2, -0.15) is 4.31 Å². The molecule has 1 saturated heterocycles. The van der Waals surface area contributed by atoms with Gasteiger partial charge in [-0.3, -0.25) is 10.1 Å². The van der Waals surface area contributed by atoms with Gasteiger partial charge in [-0.05, 0) is 37.3 Å². The maximum atomic E-state index is 12.7. The highest BCUT2D eigenvalue weighted by atomic mass is 32.2. The van der Waals surface area contributed by atoms with Crippen LogP contribution in [0.15, 0.2) is 28.6 Å². The van der Waals surface area contributed by atoms with Crippen LogP contribution in [0.1, 0.15) is 35.7 Å². The van der Waals surface area contributed by atoms with Crippen molar-refractivity contribution in [1.82, 2.24) is 14.5 Å². The molecule has 0 spiro atoms. The maximum absolute atomic E-state index is 12.7. The van der Waals surface area contributed by atoms with Gasteiger partial charge in [0, 0.05) is 18.7 Å². The maximum Gasteiger partial charge on any atom is 0.272 e. The van der Waals surface area contributed by atoms with E-state index in [1.54, 1.807) is 12.1 Å². The van der Waals surface area contributed by atoms with Gasteiger partial charge in [-0.25, -0.2) is 8.42 Å². The minimum Gasteiger partial charge on any atom is -0.296 e. The van der Waals surface area contributed by atoms with Crippen LogP contribution in [-0.2, 0) is 10.0 Å². The summed E-state index contributed by atoms with van der Waals surface area (Å²) in [6.07, 6.45) is 1.87. The molecule has 1 atom stereocenters. The van der Waals surface area contributed by atoms with Crippen molar-refractivity contribution in [2.75, 3.05) is 18.4 Å². The number of carbonyl (C=O) groups excluding carboxylic acids is 1. The number of nitrogens with one attached hydrogen (secondary N) is 1. The van der Waals surface area contributed by atoms with Crippen molar-refractivity contribution in [2.24, 2.45) is 5.92 Å². The summed E-state index contributed by atoms with van der Waals surface area (Å²) >= 11 is 0.880. The normalized spacial score (nSPS) is 18.9. The molecule has 0 saturated carbocycles. The minimum atomic E-state index is -3.66. The Kier molecular flexibility index (Phi) is 5.16. The van der Waals surface area contributed by atoms with Gasteiger partial charge in [-0.15, -0.1) is 10.2 Å². The Bertz CT molecular complexity index is 879. The highest BCUT2D eigenvalue weighted by molar-refractivity contribution is 7.91. The van der Waals surface area contributed by atoms with E-state index in [1.165, 1.54) is 4.31 Å². The smallest absolute Gasteiger partial charge is 0.272 e. The Morgan fingerprint density at radius 1 is 1.32 bits per heavy atom. The molecule has 1 fully saturated rings. The van der Waals surface area contributed by atoms with Gasteiger partial charge in [0.25, 0.3) is 15.9 Å². The third kappa shape index (κ3) is 3.88. The van der Waals surface area contributed by atoms with Gasteiger partial charge in [0.2, 0.25) is 9.47 Å². The van der Waals surface area contributed by atoms with E-state index in [0.717, 1.165) is 29.7 Å². The van der Waals surface area contributed by atoms with Crippen LogP contribution in [0.2, 0.25) is 0 Å². The van der Waals surface area contributed by atoms with Crippen molar-refractivity contribution in [2.45, 2.75) is 31.0 Å². The first-order valence-electron chi connectivity index (χ1n) is 8.08. The predicted octanol–water partition coefficient (Wildman–Crippen LogP) is 2.52. The van der Waals surface area contributed by atoms with E-state index in [4.69, 9.17) is 0 Å². The molecule has 3 rings (SSSR count). The fourth-order valence-electron chi connectivity index (χ4n) is 2.83. The van der Waals surface area contributed by atoms with E-state index in [-0.39, 0.29) is 15.4 Å². The SMILES string of the molecule is Cc1ccccc1C(=O)Nc1nnc(S(=O)(=O)N2CCC[C@H](C)C2)s1. The zero-order chi connectivity index (χ0) is 18.0.